The Hall–Kier alpha value is -3.15. The predicted molar refractivity (Wildman–Crippen MR) is 115 cm³/mol. The van der Waals surface area contributed by atoms with Crippen molar-refractivity contribution in [2.75, 3.05) is 26.0 Å². The summed E-state index contributed by atoms with van der Waals surface area (Å²) in [6.07, 6.45) is 2.15. The third kappa shape index (κ3) is 3.39. The first kappa shape index (κ1) is 15.7. The van der Waals surface area contributed by atoms with Crippen molar-refractivity contribution in [2.24, 2.45) is 0 Å². The summed E-state index contributed by atoms with van der Waals surface area (Å²) in [6, 6.07) is 7.46. The zero-order valence-corrected chi connectivity index (χ0v) is 17.1. The molecule has 6 nitrogen and oxygen atoms in total. The average Bonchev–Trinajstić information content (AvgIpc) is 2.68. The summed E-state index contributed by atoms with van der Waals surface area (Å²) < 4.78 is 32.8. The van der Waals surface area contributed by atoms with Crippen molar-refractivity contribution in [3.8, 4) is 11.5 Å². The number of urea groups is 1. The van der Waals surface area contributed by atoms with Gasteiger partial charge in [0.25, 0.3) is 0 Å². The molecule has 2 aliphatic heterocycles. The molecule has 2 heterocycles. The van der Waals surface area contributed by atoms with Gasteiger partial charge in [-0.25, -0.2) is 4.79 Å². The molecule has 0 aliphatic carbocycles. The van der Waals surface area contributed by atoms with Gasteiger partial charge in [0.2, 0.25) is 0 Å². The van der Waals surface area contributed by atoms with Crippen LogP contribution in [0.2, 0.25) is 0 Å². The maximum atomic E-state index is 12.9. The van der Waals surface area contributed by atoms with E-state index >= 15 is 0 Å². The van der Waals surface area contributed by atoms with E-state index < -0.39 is 13.2 Å². The summed E-state index contributed by atoms with van der Waals surface area (Å²) in [7, 11) is -1.12. The summed E-state index contributed by atoms with van der Waals surface area (Å²) in [5, 5.41) is 6.45. The van der Waals surface area contributed by atoms with Crippen molar-refractivity contribution < 1.29 is 18.4 Å². The van der Waals surface area contributed by atoms with Gasteiger partial charge in [0, 0.05) is 17.8 Å². The molecular weight excluding hydrogens is 366 g/mol. The van der Waals surface area contributed by atoms with Crippen molar-refractivity contribution in [1.29, 1.82) is 0 Å². The first-order valence-corrected chi connectivity index (χ1v) is 9.60. The molecule has 0 spiro atoms. The highest BCUT2D eigenvalue weighted by Crippen LogP contribution is 2.38. The van der Waals surface area contributed by atoms with Gasteiger partial charge in [-0.2, -0.15) is 0 Å². The van der Waals surface area contributed by atoms with Crippen LogP contribution in [-0.2, 0) is 6.42 Å². The lowest BCUT2D eigenvalue weighted by molar-refractivity contribution is 0.213. The number of anilines is 1. The summed E-state index contributed by atoms with van der Waals surface area (Å²) in [5.74, 6) is 0.476. The van der Waals surface area contributed by atoms with Crippen LogP contribution >= 0.6 is 0 Å². The summed E-state index contributed by atoms with van der Waals surface area (Å²) in [4.78, 5) is 14.6. The van der Waals surface area contributed by atoms with E-state index in [4.69, 9.17) is 13.6 Å². The molecule has 0 radical (unpaired) electrons. The van der Waals surface area contributed by atoms with E-state index in [1.165, 1.54) is 12.7 Å². The molecule has 0 aromatic heterocycles. The van der Waals surface area contributed by atoms with Crippen LogP contribution in [0.3, 0.4) is 0 Å². The smallest absolute Gasteiger partial charge is 0.323 e. The van der Waals surface area contributed by atoms with Gasteiger partial charge in [0.05, 0.1) is 24.0 Å². The lowest BCUT2D eigenvalue weighted by Crippen LogP contribution is -2.52. The van der Waals surface area contributed by atoms with E-state index in [2.05, 4.69) is 29.7 Å². The molecule has 4 rings (SSSR count). The van der Waals surface area contributed by atoms with Crippen molar-refractivity contribution in [3.63, 3.8) is 0 Å². The molecule has 2 aromatic rings. The van der Waals surface area contributed by atoms with Crippen molar-refractivity contribution in [2.45, 2.75) is 33.4 Å². The fourth-order valence-electron chi connectivity index (χ4n) is 4.23. The summed E-state index contributed by atoms with van der Waals surface area (Å²) in [6.45, 7) is 6.63. The molecule has 29 heavy (non-hydrogen) atoms. The molecule has 2 aromatic carbocycles. The van der Waals surface area contributed by atoms with Crippen LogP contribution in [0.1, 0.15) is 31.9 Å². The maximum absolute atomic E-state index is 12.9. The number of hydrogen-bond donors (Lipinski definition) is 2. The normalized spacial score (nSPS) is 19.7. The minimum Gasteiger partial charge on any atom is -0.493 e. The Morgan fingerprint density at radius 2 is 1.86 bits per heavy atom. The molecule has 0 fully saturated rings. The van der Waals surface area contributed by atoms with E-state index in [0.29, 0.717) is 18.7 Å². The number of ether oxygens (including phenoxy) is 2. The molecule has 0 bridgehead atoms. The van der Waals surface area contributed by atoms with Gasteiger partial charge in [-0.15, -0.1) is 0 Å². The standard InChI is InChI=1S/C23H27N3O3/c1-13-8-14(2)22(15(3)9-13)24-21-12-18-17-11-20(29-5)19(28-4)10-16(17)6-7-26(18)23(27)25-21/h8-12,21,24H,6-7H2,1-5H3,(H,25,27)/i4D3. The summed E-state index contributed by atoms with van der Waals surface area (Å²) >= 11 is 0. The van der Waals surface area contributed by atoms with Gasteiger partial charge < -0.3 is 20.1 Å². The largest absolute Gasteiger partial charge is 0.493 e. The van der Waals surface area contributed by atoms with Crippen molar-refractivity contribution in [1.82, 2.24) is 10.2 Å². The van der Waals surface area contributed by atoms with Crippen LogP contribution in [0.25, 0.3) is 5.70 Å². The highest BCUT2D eigenvalue weighted by atomic mass is 16.5. The Balaban J connectivity index is 1.73. The third-order valence-corrected chi connectivity index (χ3v) is 5.50. The van der Waals surface area contributed by atoms with Gasteiger partial charge >= 0.3 is 6.03 Å². The lowest BCUT2D eigenvalue weighted by atomic mass is 9.94. The fraction of sp³-hybridized carbons (Fsp3) is 0.348. The highest BCUT2D eigenvalue weighted by Gasteiger charge is 2.32. The number of methoxy groups -OCH3 is 2. The zero-order valence-electron chi connectivity index (χ0n) is 20.1. The number of fused-ring (bicyclic) bond motifs is 3. The van der Waals surface area contributed by atoms with Gasteiger partial charge in [0.1, 0.15) is 6.17 Å². The number of carbonyl (C=O) groups is 1. The van der Waals surface area contributed by atoms with Crippen molar-refractivity contribution in [3.05, 3.63) is 58.2 Å². The number of benzene rings is 2. The monoisotopic (exact) mass is 396 g/mol. The Morgan fingerprint density at radius 3 is 2.55 bits per heavy atom. The highest BCUT2D eigenvalue weighted by molar-refractivity contribution is 5.91. The fourth-order valence-corrected chi connectivity index (χ4v) is 4.23. The van der Waals surface area contributed by atoms with Gasteiger partial charge in [0.15, 0.2) is 11.5 Å². The minimum absolute atomic E-state index is 0.168. The van der Waals surface area contributed by atoms with Crippen LogP contribution in [0.4, 0.5) is 10.5 Å². The first-order valence-electron chi connectivity index (χ1n) is 11.1. The molecule has 1 unspecified atom stereocenters. The van der Waals surface area contributed by atoms with E-state index in [9.17, 15) is 4.79 Å². The Bertz CT molecular complexity index is 1090. The van der Waals surface area contributed by atoms with E-state index in [1.807, 2.05) is 19.9 Å². The second-order valence-electron chi connectivity index (χ2n) is 7.56. The second-order valence-corrected chi connectivity index (χ2v) is 7.56. The molecule has 2 aliphatic rings. The molecule has 1 atom stereocenters. The Labute approximate surface area is 175 Å². The van der Waals surface area contributed by atoms with Gasteiger partial charge in [-0.3, -0.25) is 4.90 Å². The SMILES string of the molecule is [2H]C([2H])([2H])Oc1cc2c(cc1OC)C1=CC(Nc3c(C)cc(C)cc3C)NC(=O)N1CC2. The number of carbonyl (C=O) groups excluding carboxylic acids is 1. The number of hydrogen-bond acceptors (Lipinski definition) is 4. The second kappa shape index (κ2) is 7.35. The van der Waals surface area contributed by atoms with Crippen LogP contribution < -0.4 is 20.1 Å². The number of nitrogens with zero attached hydrogens (tertiary/aromatic N) is 1. The van der Waals surface area contributed by atoms with Crippen LogP contribution in [0.5, 0.6) is 11.5 Å². The average molecular weight is 397 g/mol. The van der Waals surface area contributed by atoms with Crippen LogP contribution in [-0.4, -0.2) is 37.8 Å². The number of nitrogens with one attached hydrogen (secondary N) is 2. The zero-order chi connectivity index (χ0) is 23.2. The lowest BCUT2D eigenvalue weighted by Gasteiger charge is -2.38. The van der Waals surface area contributed by atoms with Gasteiger partial charge in [-0.1, -0.05) is 17.7 Å². The summed E-state index contributed by atoms with van der Waals surface area (Å²) in [5.41, 5.74) is 6.87. The topological polar surface area (TPSA) is 62.8 Å². The Kier molecular flexibility index (Phi) is 3.99. The van der Waals surface area contributed by atoms with Crippen LogP contribution in [0, 0.1) is 20.8 Å². The minimum atomic E-state index is -2.58. The van der Waals surface area contributed by atoms with Crippen molar-refractivity contribution >= 4 is 17.4 Å². The molecule has 2 amide bonds. The molecule has 0 saturated heterocycles. The van der Waals surface area contributed by atoms with E-state index in [0.717, 1.165) is 33.6 Å². The number of rotatable bonds is 4. The molecule has 6 heteroatoms. The molecule has 2 N–H and O–H groups in total. The first-order chi connectivity index (χ1) is 15.1. The molecule has 152 valence electrons. The predicted octanol–water partition coefficient (Wildman–Crippen LogP) is 3.99. The number of amides is 2. The third-order valence-electron chi connectivity index (χ3n) is 5.50. The quantitative estimate of drug-likeness (QED) is 0.820. The van der Waals surface area contributed by atoms with E-state index in [-0.39, 0.29) is 11.8 Å². The molecular formula is C23H27N3O3. The maximum Gasteiger partial charge on any atom is 0.323 e. The number of aryl methyl sites for hydroxylation is 3. The molecule has 0 saturated carbocycles. The van der Waals surface area contributed by atoms with Crippen LogP contribution in [0.15, 0.2) is 30.3 Å². The van der Waals surface area contributed by atoms with E-state index in [1.54, 1.807) is 17.0 Å². The Morgan fingerprint density at radius 1 is 1.14 bits per heavy atom. The van der Waals surface area contributed by atoms with Gasteiger partial charge in [-0.05, 0) is 62.1 Å².